The molecule has 2 N–H and O–H groups in total. The molecule has 0 bridgehead atoms. The molecule has 0 spiro atoms. The van der Waals surface area contributed by atoms with E-state index in [-0.39, 0.29) is 24.3 Å². The molecule has 0 aromatic heterocycles. The summed E-state index contributed by atoms with van der Waals surface area (Å²) >= 11 is 1.73. The highest BCUT2D eigenvalue weighted by Crippen LogP contribution is 2.16. The van der Waals surface area contributed by atoms with Crippen LogP contribution in [0.25, 0.3) is 0 Å². The second-order valence-electron chi connectivity index (χ2n) is 4.78. The minimum absolute atomic E-state index is 0.0528. The van der Waals surface area contributed by atoms with Crippen molar-refractivity contribution in [1.82, 2.24) is 10.2 Å². The number of aliphatic hydroxyl groups is 1. The Balaban J connectivity index is 2.16. The molecule has 0 saturated carbocycles. The number of thioether (sulfide) groups is 1. The van der Waals surface area contributed by atoms with Gasteiger partial charge in [-0.2, -0.15) is 11.8 Å². The van der Waals surface area contributed by atoms with Gasteiger partial charge in [0, 0.05) is 38.9 Å². The van der Waals surface area contributed by atoms with Gasteiger partial charge in [-0.05, 0) is 25.0 Å². The Labute approximate surface area is 119 Å². The molecular formula is C13H24N2O3S. The standard InChI is InChI=1S/C13H24N2O3S/c1-11(17)15-6-2-4-12(10-15)13(18)14-5-9-19-8-3-7-16/h12,16H,2-10H2,1H3,(H,14,18). The predicted molar refractivity (Wildman–Crippen MR) is 77.0 cm³/mol. The summed E-state index contributed by atoms with van der Waals surface area (Å²) in [7, 11) is 0. The fourth-order valence-corrected chi connectivity index (χ4v) is 2.92. The fraction of sp³-hybridized carbons (Fsp3) is 0.846. The van der Waals surface area contributed by atoms with Gasteiger partial charge >= 0.3 is 0 Å². The molecule has 1 unspecified atom stereocenters. The molecule has 1 saturated heterocycles. The van der Waals surface area contributed by atoms with E-state index < -0.39 is 0 Å². The topological polar surface area (TPSA) is 69.6 Å². The largest absolute Gasteiger partial charge is 0.396 e. The third-order valence-electron chi connectivity index (χ3n) is 3.23. The van der Waals surface area contributed by atoms with Crippen LogP contribution in [0.5, 0.6) is 0 Å². The molecule has 0 radical (unpaired) electrons. The lowest BCUT2D eigenvalue weighted by Gasteiger charge is -2.31. The van der Waals surface area contributed by atoms with Gasteiger partial charge in [-0.15, -0.1) is 0 Å². The van der Waals surface area contributed by atoms with E-state index >= 15 is 0 Å². The number of amides is 2. The zero-order valence-corrected chi connectivity index (χ0v) is 12.4. The molecule has 2 amide bonds. The van der Waals surface area contributed by atoms with Crippen molar-refractivity contribution in [2.24, 2.45) is 5.92 Å². The number of nitrogens with one attached hydrogen (secondary N) is 1. The van der Waals surface area contributed by atoms with Crippen molar-refractivity contribution in [1.29, 1.82) is 0 Å². The number of carbonyl (C=O) groups excluding carboxylic acids is 2. The molecule has 0 aromatic carbocycles. The minimum Gasteiger partial charge on any atom is -0.396 e. The SMILES string of the molecule is CC(=O)N1CCCC(C(=O)NCCSCCCO)C1. The Bertz CT molecular complexity index is 300. The first-order valence-electron chi connectivity index (χ1n) is 6.87. The highest BCUT2D eigenvalue weighted by atomic mass is 32.2. The normalized spacial score (nSPS) is 19.3. The summed E-state index contributed by atoms with van der Waals surface area (Å²) in [5, 5.41) is 11.6. The van der Waals surface area contributed by atoms with Gasteiger partial charge in [-0.3, -0.25) is 9.59 Å². The number of hydrogen-bond donors (Lipinski definition) is 2. The zero-order chi connectivity index (χ0) is 14.1. The first-order valence-corrected chi connectivity index (χ1v) is 8.02. The van der Waals surface area contributed by atoms with Crippen LogP contribution in [-0.4, -0.2) is 59.6 Å². The van der Waals surface area contributed by atoms with Gasteiger partial charge in [0.05, 0.1) is 5.92 Å². The van der Waals surface area contributed by atoms with E-state index in [0.717, 1.165) is 37.3 Å². The summed E-state index contributed by atoms with van der Waals surface area (Å²) in [5.74, 6) is 1.86. The number of aliphatic hydroxyl groups excluding tert-OH is 1. The molecule has 0 aromatic rings. The lowest BCUT2D eigenvalue weighted by atomic mass is 9.97. The van der Waals surface area contributed by atoms with Crippen LogP contribution in [0, 0.1) is 5.92 Å². The lowest BCUT2D eigenvalue weighted by Crippen LogP contribution is -2.45. The molecule has 0 aliphatic carbocycles. The van der Waals surface area contributed by atoms with Crippen LogP contribution in [0.4, 0.5) is 0 Å². The number of piperidine rings is 1. The number of nitrogens with zero attached hydrogens (tertiary/aromatic N) is 1. The Kier molecular flexibility index (Phi) is 7.90. The number of carbonyl (C=O) groups is 2. The summed E-state index contributed by atoms with van der Waals surface area (Å²) < 4.78 is 0. The summed E-state index contributed by atoms with van der Waals surface area (Å²) in [4.78, 5) is 25.0. The Hall–Kier alpha value is -0.750. The molecular weight excluding hydrogens is 264 g/mol. The first kappa shape index (κ1) is 16.3. The van der Waals surface area contributed by atoms with Crippen molar-refractivity contribution in [2.75, 3.05) is 37.7 Å². The van der Waals surface area contributed by atoms with Crippen LogP contribution < -0.4 is 5.32 Å². The summed E-state index contributed by atoms with van der Waals surface area (Å²) in [5.41, 5.74) is 0. The fourth-order valence-electron chi connectivity index (χ4n) is 2.14. The van der Waals surface area contributed by atoms with Crippen LogP contribution in [0.2, 0.25) is 0 Å². The molecule has 6 heteroatoms. The molecule has 5 nitrogen and oxygen atoms in total. The van der Waals surface area contributed by atoms with Gasteiger partial charge < -0.3 is 15.3 Å². The van der Waals surface area contributed by atoms with Crippen molar-refractivity contribution in [3.05, 3.63) is 0 Å². The van der Waals surface area contributed by atoms with Gasteiger partial charge in [0.1, 0.15) is 0 Å². The summed E-state index contributed by atoms with van der Waals surface area (Å²) in [6.45, 7) is 3.76. The van der Waals surface area contributed by atoms with Crippen molar-refractivity contribution < 1.29 is 14.7 Å². The number of rotatable bonds is 7. The maximum Gasteiger partial charge on any atom is 0.224 e. The smallest absolute Gasteiger partial charge is 0.224 e. The molecule has 110 valence electrons. The van der Waals surface area contributed by atoms with Crippen LogP contribution in [0.1, 0.15) is 26.2 Å². The van der Waals surface area contributed by atoms with E-state index in [0.29, 0.717) is 13.1 Å². The van der Waals surface area contributed by atoms with Crippen LogP contribution >= 0.6 is 11.8 Å². The van der Waals surface area contributed by atoms with Crippen molar-refractivity contribution >= 4 is 23.6 Å². The quantitative estimate of drug-likeness (QED) is 0.669. The molecule has 1 rings (SSSR count). The third kappa shape index (κ3) is 6.29. The highest BCUT2D eigenvalue weighted by Gasteiger charge is 2.26. The van der Waals surface area contributed by atoms with E-state index in [1.165, 1.54) is 0 Å². The minimum atomic E-state index is -0.0555. The summed E-state index contributed by atoms with van der Waals surface area (Å²) in [6, 6.07) is 0. The number of hydrogen-bond acceptors (Lipinski definition) is 4. The molecule has 1 heterocycles. The van der Waals surface area contributed by atoms with E-state index in [1.54, 1.807) is 23.6 Å². The van der Waals surface area contributed by atoms with Crippen molar-refractivity contribution in [2.45, 2.75) is 26.2 Å². The van der Waals surface area contributed by atoms with E-state index in [2.05, 4.69) is 5.32 Å². The van der Waals surface area contributed by atoms with Gasteiger partial charge in [-0.25, -0.2) is 0 Å². The average molecular weight is 288 g/mol. The first-order chi connectivity index (χ1) is 9.15. The Morgan fingerprint density at radius 1 is 1.42 bits per heavy atom. The zero-order valence-electron chi connectivity index (χ0n) is 11.6. The Morgan fingerprint density at radius 2 is 2.21 bits per heavy atom. The lowest BCUT2D eigenvalue weighted by molar-refractivity contribution is -0.133. The van der Waals surface area contributed by atoms with Crippen LogP contribution in [0.15, 0.2) is 0 Å². The van der Waals surface area contributed by atoms with E-state index in [1.807, 2.05) is 0 Å². The molecule has 1 aliphatic heterocycles. The van der Waals surface area contributed by atoms with Crippen molar-refractivity contribution in [3.8, 4) is 0 Å². The highest BCUT2D eigenvalue weighted by molar-refractivity contribution is 7.99. The maximum atomic E-state index is 12.0. The molecule has 1 atom stereocenters. The van der Waals surface area contributed by atoms with Crippen LogP contribution in [0.3, 0.4) is 0 Å². The average Bonchev–Trinajstić information content (AvgIpc) is 2.42. The van der Waals surface area contributed by atoms with Crippen LogP contribution in [-0.2, 0) is 9.59 Å². The van der Waals surface area contributed by atoms with E-state index in [9.17, 15) is 9.59 Å². The number of likely N-dealkylation sites (tertiary alicyclic amines) is 1. The second kappa shape index (κ2) is 9.20. The predicted octanol–water partition coefficient (Wildman–Crippen LogP) is 0.477. The maximum absolute atomic E-state index is 12.0. The monoisotopic (exact) mass is 288 g/mol. The molecule has 19 heavy (non-hydrogen) atoms. The molecule has 1 aliphatic rings. The second-order valence-corrected chi connectivity index (χ2v) is 6.01. The summed E-state index contributed by atoms with van der Waals surface area (Å²) in [6.07, 6.45) is 2.57. The molecule has 1 fully saturated rings. The van der Waals surface area contributed by atoms with Gasteiger partial charge in [0.2, 0.25) is 11.8 Å². The Morgan fingerprint density at radius 3 is 2.89 bits per heavy atom. The van der Waals surface area contributed by atoms with Gasteiger partial charge in [-0.1, -0.05) is 0 Å². The van der Waals surface area contributed by atoms with Crippen molar-refractivity contribution in [3.63, 3.8) is 0 Å². The van der Waals surface area contributed by atoms with Gasteiger partial charge in [0.25, 0.3) is 0 Å². The van der Waals surface area contributed by atoms with Gasteiger partial charge in [0.15, 0.2) is 0 Å². The van der Waals surface area contributed by atoms with E-state index in [4.69, 9.17) is 5.11 Å². The third-order valence-corrected chi connectivity index (χ3v) is 4.30.